The van der Waals surface area contributed by atoms with E-state index in [-0.39, 0.29) is 23.4 Å². The minimum Gasteiger partial charge on any atom is -0.348 e. The number of aromatic nitrogens is 2. The van der Waals surface area contributed by atoms with Gasteiger partial charge in [0.25, 0.3) is 11.5 Å². The quantitative estimate of drug-likeness (QED) is 0.923. The maximum atomic E-state index is 12.5. The van der Waals surface area contributed by atoms with Crippen molar-refractivity contribution in [2.75, 3.05) is 0 Å². The van der Waals surface area contributed by atoms with Crippen LogP contribution in [0.4, 0.5) is 0 Å². The second kappa shape index (κ2) is 6.73. The van der Waals surface area contributed by atoms with Gasteiger partial charge in [0, 0.05) is 18.0 Å². The fraction of sp³-hybridized carbons (Fsp3) is 0.471. The van der Waals surface area contributed by atoms with Crippen LogP contribution in [0.1, 0.15) is 44.6 Å². The average molecular weight is 301 g/mol. The van der Waals surface area contributed by atoms with E-state index in [1.54, 1.807) is 18.2 Å². The summed E-state index contributed by atoms with van der Waals surface area (Å²) in [7, 11) is 0. The first-order valence-electron chi connectivity index (χ1n) is 7.74. The molecule has 0 aliphatic heterocycles. The van der Waals surface area contributed by atoms with Gasteiger partial charge in [0.05, 0.1) is 5.39 Å². The molecule has 1 heterocycles. The fourth-order valence-electron chi connectivity index (χ4n) is 2.27. The zero-order valence-corrected chi connectivity index (χ0v) is 13.6. The van der Waals surface area contributed by atoms with Crippen molar-refractivity contribution < 1.29 is 4.79 Å². The van der Waals surface area contributed by atoms with Crippen LogP contribution in [0, 0.1) is 5.92 Å². The van der Waals surface area contributed by atoms with Crippen molar-refractivity contribution in [3.63, 3.8) is 0 Å². The highest BCUT2D eigenvalue weighted by Gasteiger charge is 2.18. The van der Waals surface area contributed by atoms with Crippen LogP contribution in [0.5, 0.6) is 0 Å². The summed E-state index contributed by atoms with van der Waals surface area (Å²) in [6.07, 6.45) is 0.843. The molecule has 2 rings (SSSR count). The molecule has 1 amide bonds. The van der Waals surface area contributed by atoms with E-state index in [1.165, 1.54) is 4.68 Å². The molecule has 5 nitrogen and oxygen atoms in total. The first kappa shape index (κ1) is 16.2. The molecule has 1 aromatic heterocycles. The SMILES string of the molecule is CCC(C)NC(=O)c1nn(CC(C)C)c(=O)c2ccccc12. The van der Waals surface area contributed by atoms with Crippen LogP contribution in [-0.2, 0) is 6.54 Å². The van der Waals surface area contributed by atoms with Gasteiger partial charge in [-0.25, -0.2) is 4.68 Å². The highest BCUT2D eigenvalue weighted by molar-refractivity contribution is 6.04. The lowest BCUT2D eigenvalue weighted by Gasteiger charge is -2.15. The lowest BCUT2D eigenvalue weighted by atomic mass is 10.1. The normalized spacial score (nSPS) is 12.6. The van der Waals surface area contributed by atoms with Crippen LogP contribution in [0.25, 0.3) is 10.8 Å². The van der Waals surface area contributed by atoms with Gasteiger partial charge in [-0.2, -0.15) is 5.10 Å². The lowest BCUT2D eigenvalue weighted by molar-refractivity contribution is 0.0933. The minimum atomic E-state index is -0.233. The molecule has 0 aliphatic rings. The van der Waals surface area contributed by atoms with Gasteiger partial charge in [-0.15, -0.1) is 0 Å². The molecule has 0 aliphatic carbocycles. The average Bonchev–Trinajstić information content (AvgIpc) is 2.49. The standard InChI is InChI=1S/C17H23N3O2/c1-5-12(4)18-16(21)15-13-8-6-7-9-14(13)17(22)20(19-15)10-11(2)3/h6-9,11-12H,5,10H2,1-4H3,(H,18,21). The van der Waals surface area contributed by atoms with Crippen molar-refractivity contribution in [3.05, 3.63) is 40.3 Å². The van der Waals surface area contributed by atoms with Gasteiger partial charge in [0.1, 0.15) is 0 Å². The molecule has 0 saturated carbocycles. The third-order valence-electron chi connectivity index (χ3n) is 3.61. The van der Waals surface area contributed by atoms with Crippen LogP contribution >= 0.6 is 0 Å². The highest BCUT2D eigenvalue weighted by atomic mass is 16.2. The molecule has 118 valence electrons. The summed E-state index contributed by atoms with van der Waals surface area (Å²) in [4.78, 5) is 25.0. The van der Waals surface area contributed by atoms with Gasteiger partial charge in [0.2, 0.25) is 0 Å². The molecule has 0 fully saturated rings. The number of nitrogens with one attached hydrogen (secondary N) is 1. The van der Waals surface area contributed by atoms with Gasteiger partial charge < -0.3 is 5.32 Å². The van der Waals surface area contributed by atoms with Gasteiger partial charge in [0.15, 0.2) is 5.69 Å². The smallest absolute Gasteiger partial charge is 0.274 e. The van der Waals surface area contributed by atoms with Crippen molar-refractivity contribution >= 4 is 16.7 Å². The summed E-state index contributed by atoms with van der Waals surface area (Å²) in [5, 5.41) is 8.38. The predicted octanol–water partition coefficient (Wildman–Crippen LogP) is 2.58. The van der Waals surface area contributed by atoms with Gasteiger partial charge in [-0.1, -0.05) is 39.0 Å². The number of hydrogen-bond donors (Lipinski definition) is 1. The number of benzene rings is 1. The van der Waals surface area contributed by atoms with Gasteiger partial charge in [-0.3, -0.25) is 9.59 Å². The molecule has 1 atom stereocenters. The third kappa shape index (κ3) is 3.35. The summed E-state index contributed by atoms with van der Waals surface area (Å²) >= 11 is 0. The molecule has 1 aromatic carbocycles. The summed E-state index contributed by atoms with van der Waals surface area (Å²) in [6.45, 7) is 8.48. The molecule has 0 spiro atoms. The zero-order chi connectivity index (χ0) is 16.3. The number of fused-ring (bicyclic) bond motifs is 1. The van der Waals surface area contributed by atoms with Crippen LogP contribution < -0.4 is 10.9 Å². The molecular formula is C17H23N3O2. The Bertz CT molecular complexity index is 734. The first-order valence-corrected chi connectivity index (χ1v) is 7.74. The van der Waals surface area contributed by atoms with E-state index in [9.17, 15) is 9.59 Å². The second-order valence-electron chi connectivity index (χ2n) is 6.06. The monoisotopic (exact) mass is 301 g/mol. The first-order chi connectivity index (χ1) is 10.4. The molecule has 0 bridgehead atoms. The Morgan fingerprint density at radius 2 is 1.86 bits per heavy atom. The maximum Gasteiger partial charge on any atom is 0.274 e. The van der Waals surface area contributed by atoms with E-state index in [4.69, 9.17) is 0 Å². The van der Waals surface area contributed by atoms with Crippen LogP contribution in [-0.4, -0.2) is 21.7 Å². The minimum absolute atomic E-state index is 0.0681. The Labute approximate surface area is 130 Å². The van der Waals surface area contributed by atoms with E-state index < -0.39 is 0 Å². The summed E-state index contributed by atoms with van der Waals surface area (Å²) in [5.74, 6) is 0.0416. The molecule has 22 heavy (non-hydrogen) atoms. The molecule has 2 aromatic rings. The van der Waals surface area contributed by atoms with E-state index in [2.05, 4.69) is 10.4 Å². The van der Waals surface area contributed by atoms with Gasteiger partial charge in [-0.05, 0) is 25.3 Å². The second-order valence-corrected chi connectivity index (χ2v) is 6.06. The Morgan fingerprint density at radius 3 is 2.45 bits per heavy atom. The number of amides is 1. The Kier molecular flexibility index (Phi) is 4.96. The van der Waals surface area contributed by atoms with Crippen molar-refractivity contribution in [2.45, 2.75) is 46.7 Å². The summed E-state index contributed by atoms with van der Waals surface area (Å²) in [5.41, 5.74) is 0.167. The highest BCUT2D eigenvalue weighted by Crippen LogP contribution is 2.14. The van der Waals surface area contributed by atoms with E-state index in [0.717, 1.165) is 6.42 Å². The molecule has 1 unspecified atom stereocenters. The number of carbonyl (C=O) groups is 1. The van der Waals surface area contributed by atoms with Crippen molar-refractivity contribution in [1.29, 1.82) is 0 Å². The van der Waals surface area contributed by atoms with Crippen LogP contribution in [0.3, 0.4) is 0 Å². The third-order valence-corrected chi connectivity index (χ3v) is 3.61. The molecule has 1 N–H and O–H groups in total. The van der Waals surface area contributed by atoms with Crippen LogP contribution in [0.15, 0.2) is 29.1 Å². The topological polar surface area (TPSA) is 64.0 Å². The van der Waals surface area contributed by atoms with Crippen molar-refractivity contribution in [3.8, 4) is 0 Å². The number of nitrogens with zero attached hydrogens (tertiary/aromatic N) is 2. The number of rotatable bonds is 5. The van der Waals surface area contributed by atoms with E-state index in [1.807, 2.05) is 33.8 Å². The Morgan fingerprint density at radius 1 is 1.23 bits per heavy atom. The van der Waals surface area contributed by atoms with Crippen molar-refractivity contribution in [2.24, 2.45) is 5.92 Å². The number of carbonyl (C=O) groups excluding carboxylic acids is 1. The van der Waals surface area contributed by atoms with Crippen molar-refractivity contribution in [1.82, 2.24) is 15.1 Å². The Balaban J connectivity index is 2.59. The van der Waals surface area contributed by atoms with Gasteiger partial charge >= 0.3 is 0 Å². The number of hydrogen-bond acceptors (Lipinski definition) is 3. The Hall–Kier alpha value is -2.17. The maximum absolute atomic E-state index is 12.5. The molecule has 5 heteroatoms. The molecular weight excluding hydrogens is 278 g/mol. The molecule has 0 saturated heterocycles. The van der Waals surface area contributed by atoms with E-state index >= 15 is 0 Å². The zero-order valence-electron chi connectivity index (χ0n) is 13.6. The summed E-state index contributed by atoms with van der Waals surface area (Å²) in [6, 6.07) is 7.21. The predicted molar refractivity (Wildman–Crippen MR) is 88.1 cm³/mol. The lowest BCUT2D eigenvalue weighted by Crippen LogP contribution is -2.35. The molecule has 0 radical (unpaired) electrons. The fourth-order valence-corrected chi connectivity index (χ4v) is 2.27. The summed E-state index contributed by atoms with van der Waals surface area (Å²) < 4.78 is 1.40. The largest absolute Gasteiger partial charge is 0.348 e. The van der Waals surface area contributed by atoms with Crippen LogP contribution in [0.2, 0.25) is 0 Å². The van der Waals surface area contributed by atoms with E-state index in [0.29, 0.717) is 23.0 Å².